The Morgan fingerprint density at radius 1 is 1.37 bits per heavy atom. The van der Waals surface area contributed by atoms with Crippen molar-refractivity contribution < 1.29 is 4.79 Å². The molecule has 0 saturated heterocycles. The number of carbonyl (C=O) groups excluding carboxylic acids is 1. The summed E-state index contributed by atoms with van der Waals surface area (Å²) in [4.78, 5) is 16.7. The topological polar surface area (TPSA) is 30.0 Å². The Bertz CT molecular complexity index is 560. The highest BCUT2D eigenvalue weighted by Gasteiger charge is 2.17. The van der Waals surface area contributed by atoms with Crippen LogP contribution < -0.4 is 0 Å². The van der Waals surface area contributed by atoms with Crippen molar-refractivity contribution in [3.63, 3.8) is 0 Å². The van der Waals surface area contributed by atoms with Gasteiger partial charge in [-0.2, -0.15) is 0 Å². The highest BCUT2D eigenvalue weighted by atomic mass is 32.2. The van der Waals surface area contributed by atoms with Gasteiger partial charge in [0.15, 0.2) is 10.1 Å². The molecular weight excluding hydrogens is 274 g/mol. The normalized spacial score (nSPS) is 12.4. The van der Waals surface area contributed by atoms with E-state index in [0.717, 1.165) is 22.0 Å². The third-order valence-electron chi connectivity index (χ3n) is 2.89. The Morgan fingerprint density at radius 2 is 2.05 bits per heavy atom. The van der Waals surface area contributed by atoms with E-state index in [9.17, 15) is 4.79 Å². The molecule has 0 saturated carbocycles. The maximum absolute atomic E-state index is 12.3. The van der Waals surface area contributed by atoms with Crippen LogP contribution in [-0.4, -0.2) is 16.0 Å². The number of aromatic nitrogens is 1. The molecule has 0 aliphatic heterocycles. The number of thioether (sulfide) groups is 1. The summed E-state index contributed by atoms with van der Waals surface area (Å²) >= 11 is 3.13. The molecule has 0 aliphatic carbocycles. The van der Waals surface area contributed by atoms with Gasteiger partial charge in [-0.3, -0.25) is 4.79 Å². The van der Waals surface area contributed by atoms with Gasteiger partial charge in [0.05, 0.1) is 5.25 Å². The van der Waals surface area contributed by atoms with E-state index < -0.39 is 0 Å². The molecule has 1 aromatic heterocycles. The monoisotopic (exact) mass is 291 g/mol. The van der Waals surface area contributed by atoms with Gasteiger partial charge in [0, 0.05) is 16.6 Å². The van der Waals surface area contributed by atoms with Crippen molar-refractivity contribution in [3.05, 3.63) is 46.5 Å². The lowest BCUT2D eigenvalue weighted by molar-refractivity contribution is 0.0994. The lowest BCUT2D eigenvalue weighted by Crippen LogP contribution is -2.13. The van der Waals surface area contributed by atoms with E-state index in [0.29, 0.717) is 0 Å². The second-order valence-corrected chi connectivity index (χ2v) is 6.88. The number of rotatable bonds is 5. The molecule has 0 radical (unpaired) electrons. The van der Waals surface area contributed by atoms with Crippen LogP contribution in [0.4, 0.5) is 0 Å². The first-order valence-electron chi connectivity index (χ1n) is 6.32. The first kappa shape index (κ1) is 14.3. The second kappa shape index (κ2) is 6.35. The van der Waals surface area contributed by atoms with Crippen molar-refractivity contribution in [2.24, 2.45) is 0 Å². The first-order valence-corrected chi connectivity index (χ1v) is 8.08. The molecule has 0 unspecified atom stereocenters. The van der Waals surface area contributed by atoms with Gasteiger partial charge in [0.25, 0.3) is 0 Å². The van der Waals surface area contributed by atoms with Crippen LogP contribution in [0.2, 0.25) is 0 Å². The molecule has 1 aromatic carbocycles. The minimum Gasteiger partial charge on any atom is -0.293 e. The number of nitrogens with zero attached hydrogens (tertiary/aromatic N) is 1. The van der Waals surface area contributed by atoms with Crippen molar-refractivity contribution in [1.29, 1.82) is 0 Å². The molecule has 1 heterocycles. The molecular formula is C15H17NOS2. The number of hydrogen-bond donors (Lipinski definition) is 0. The predicted molar refractivity (Wildman–Crippen MR) is 82.3 cm³/mol. The van der Waals surface area contributed by atoms with Crippen molar-refractivity contribution in [3.8, 4) is 0 Å². The van der Waals surface area contributed by atoms with Crippen LogP contribution in [0.5, 0.6) is 0 Å². The third-order valence-corrected chi connectivity index (χ3v) is 5.08. The summed E-state index contributed by atoms with van der Waals surface area (Å²) in [5.74, 6) is 0.167. The zero-order valence-corrected chi connectivity index (χ0v) is 13.0. The SMILES string of the molecule is CCc1ccc(C(=O)[C@@H](C)Sc2nc(C)cs2)cc1. The molecule has 1 atom stereocenters. The van der Waals surface area contributed by atoms with Gasteiger partial charge in [-0.05, 0) is 25.8 Å². The Kier molecular flexibility index (Phi) is 4.77. The summed E-state index contributed by atoms with van der Waals surface area (Å²) in [6.45, 7) is 6.02. The minimum absolute atomic E-state index is 0.0990. The Balaban J connectivity index is 2.05. The number of hydrogen-bond acceptors (Lipinski definition) is 4. The van der Waals surface area contributed by atoms with Crippen LogP contribution >= 0.6 is 23.1 Å². The van der Waals surface area contributed by atoms with Gasteiger partial charge < -0.3 is 0 Å². The van der Waals surface area contributed by atoms with Gasteiger partial charge >= 0.3 is 0 Å². The Hall–Kier alpha value is -1.13. The summed E-state index contributed by atoms with van der Waals surface area (Å²) < 4.78 is 0.962. The van der Waals surface area contributed by atoms with E-state index >= 15 is 0 Å². The van der Waals surface area contributed by atoms with Gasteiger partial charge in [-0.1, -0.05) is 43.0 Å². The average Bonchev–Trinajstić information content (AvgIpc) is 2.83. The fourth-order valence-electron chi connectivity index (χ4n) is 1.73. The highest BCUT2D eigenvalue weighted by Crippen LogP contribution is 2.28. The molecule has 4 heteroatoms. The molecule has 0 spiro atoms. The van der Waals surface area contributed by atoms with Crippen LogP contribution in [0.1, 0.15) is 35.5 Å². The maximum atomic E-state index is 12.3. The van der Waals surface area contributed by atoms with E-state index in [-0.39, 0.29) is 11.0 Å². The highest BCUT2D eigenvalue weighted by molar-refractivity contribution is 8.02. The lowest BCUT2D eigenvalue weighted by atomic mass is 10.1. The van der Waals surface area contributed by atoms with Crippen LogP contribution in [0.15, 0.2) is 34.0 Å². The molecule has 100 valence electrons. The molecule has 0 bridgehead atoms. The van der Waals surface area contributed by atoms with Gasteiger partial charge in [-0.15, -0.1) is 11.3 Å². The minimum atomic E-state index is -0.0990. The van der Waals surface area contributed by atoms with Crippen molar-refractivity contribution in [1.82, 2.24) is 4.98 Å². The summed E-state index contributed by atoms with van der Waals surface area (Å²) in [5.41, 5.74) is 3.05. The van der Waals surface area contributed by atoms with Crippen molar-refractivity contribution in [2.45, 2.75) is 36.8 Å². The molecule has 2 nitrogen and oxygen atoms in total. The smallest absolute Gasteiger partial charge is 0.175 e. The molecule has 0 aliphatic rings. The van der Waals surface area contributed by atoms with E-state index in [1.807, 2.05) is 43.5 Å². The van der Waals surface area contributed by atoms with Crippen LogP contribution in [0.25, 0.3) is 0 Å². The van der Waals surface area contributed by atoms with Crippen LogP contribution in [-0.2, 0) is 6.42 Å². The molecule has 0 fully saturated rings. The number of thiazole rings is 1. The summed E-state index contributed by atoms with van der Waals surface area (Å²) in [5, 5.41) is 1.91. The predicted octanol–water partition coefficient (Wildman–Crippen LogP) is 4.38. The van der Waals surface area contributed by atoms with Gasteiger partial charge in [0.1, 0.15) is 0 Å². The second-order valence-electron chi connectivity index (χ2n) is 4.43. The fraction of sp³-hybridized carbons (Fsp3) is 0.333. The number of aryl methyl sites for hydroxylation is 2. The Labute approximate surface area is 122 Å². The number of ketones is 1. The molecule has 0 amide bonds. The number of benzene rings is 1. The van der Waals surface area contributed by atoms with E-state index in [1.54, 1.807) is 11.3 Å². The molecule has 19 heavy (non-hydrogen) atoms. The first-order chi connectivity index (χ1) is 9.10. The van der Waals surface area contributed by atoms with Gasteiger partial charge in [-0.25, -0.2) is 4.98 Å². The molecule has 0 N–H and O–H groups in total. The number of Topliss-reactive ketones (excluding diaryl/α,β-unsaturated/α-hetero) is 1. The zero-order chi connectivity index (χ0) is 13.8. The van der Waals surface area contributed by atoms with Gasteiger partial charge in [0.2, 0.25) is 0 Å². The van der Waals surface area contributed by atoms with Crippen LogP contribution in [0, 0.1) is 6.92 Å². The van der Waals surface area contributed by atoms with E-state index in [4.69, 9.17) is 0 Å². The molecule has 2 aromatic rings. The average molecular weight is 291 g/mol. The summed E-state index contributed by atoms with van der Waals surface area (Å²) in [6, 6.07) is 7.90. The summed E-state index contributed by atoms with van der Waals surface area (Å²) in [6.07, 6.45) is 0.997. The van der Waals surface area contributed by atoms with E-state index in [2.05, 4.69) is 11.9 Å². The third kappa shape index (κ3) is 3.67. The fourth-order valence-corrected chi connectivity index (χ4v) is 3.79. The summed E-state index contributed by atoms with van der Waals surface area (Å²) in [7, 11) is 0. The lowest BCUT2D eigenvalue weighted by Gasteiger charge is -2.08. The van der Waals surface area contributed by atoms with Crippen molar-refractivity contribution in [2.75, 3.05) is 0 Å². The number of carbonyl (C=O) groups is 1. The zero-order valence-electron chi connectivity index (χ0n) is 11.3. The van der Waals surface area contributed by atoms with E-state index in [1.165, 1.54) is 17.3 Å². The van der Waals surface area contributed by atoms with Crippen LogP contribution in [0.3, 0.4) is 0 Å². The Morgan fingerprint density at radius 3 is 2.58 bits per heavy atom. The maximum Gasteiger partial charge on any atom is 0.175 e. The van der Waals surface area contributed by atoms with Crippen molar-refractivity contribution >= 4 is 28.9 Å². The standard InChI is InChI=1S/C15H17NOS2/c1-4-12-5-7-13(8-6-12)14(17)11(3)19-15-16-10(2)9-18-15/h5-9,11H,4H2,1-3H3/t11-/m1/s1. The largest absolute Gasteiger partial charge is 0.293 e. The molecule has 2 rings (SSSR count). The quantitative estimate of drug-likeness (QED) is 0.605.